The molecule has 100 valence electrons. The molecule has 19 heavy (non-hydrogen) atoms. The molecule has 0 bridgehead atoms. The number of anilines is 3. The van der Waals surface area contributed by atoms with Gasteiger partial charge < -0.3 is 10.6 Å². The highest BCUT2D eigenvalue weighted by Crippen LogP contribution is 2.37. The van der Waals surface area contributed by atoms with Gasteiger partial charge in [-0.1, -0.05) is 25.1 Å². The number of hydrogen-bond donors (Lipinski definition) is 1. The van der Waals surface area contributed by atoms with Crippen molar-refractivity contribution < 1.29 is 0 Å². The van der Waals surface area contributed by atoms with E-state index in [-0.39, 0.29) is 0 Å². The smallest absolute Gasteiger partial charge is 0.0589 e. The van der Waals surface area contributed by atoms with E-state index in [9.17, 15) is 0 Å². The van der Waals surface area contributed by atoms with Crippen LogP contribution in [0.2, 0.25) is 0 Å². The molecule has 0 atom stereocenters. The molecule has 0 saturated carbocycles. The van der Waals surface area contributed by atoms with Crippen molar-refractivity contribution in [1.82, 2.24) is 0 Å². The average molecular weight is 319 g/mol. The standard InChI is InChI=1S/C16H19BrN2/c1-3-12-10-13(18)11-15(17)16(12)19(4-2)14-8-6-5-7-9-14/h5-11H,3-4,18H2,1-2H3. The maximum Gasteiger partial charge on any atom is 0.0589 e. The molecule has 2 nitrogen and oxygen atoms in total. The quantitative estimate of drug-likeness (QED) is 0.824. The van der Waals surface area contributed by atoms with Gasteiger partial charge in [0.1, 0.15) is 0 Å². The largest absolute Gasteiger partial charge is 0.399 e. The van der Waals surface area contributed by atoms with Crippen LogP contribution in [-0.2, 0) is 6.42 Å². The van der Waals surface area contributed by atoms with Gasteiger partial charge in [-0.3, -0.25) is 0 Å². The molecule has 0 aliphatic rings. The first-order valence-electron chi connectivity index (χ1n) is 6.57. The van der Waals surface area contributed by atoms with E-state index in [1.807, 2.05) is 12.1 Å². The number of benzene rings is 2. The fraction of sp³-hybridized carbons (Fsp3) is 0.250. The van der Waals surface area contributed by atoms with E-state index in [0.29, 0.717) is 0 Å². The van der Waals surface area contributed by atoms with Crippen molar-refractivity contribution in [3.05, 3.63) is 52.5 Å². The molecule has 0 radical (unpaired) electrons. The summed E-state index contributed by atoms with van der Waals surface area (Å²) < 4.78 is 1.05. The molecule has 0 fully saturated rings. The lowest BCUT2D eigenvalue weighted by Crippen LogP contribution is -2.18. The van der Waals surface area contributed by atoms with Gasteiger partial charge in [0, 0.05) is 22.4 Å². The Bertz CT molecular complexity index is 552. The lowest BCUT2D eigenvalue weighted by Gasteiger charge is -2.27. The van der Waals surface area contributed by atoms with Gasteiger partial charge in [0.2, 0.25) is 0 Å². The number of aryl methyl sites for hydroxylation is 1. The molecular weight excluding hydrogens is 300 g/mol. The molecule has 0 aliphatic carbocycles. The van der Waals surface area contributed by atoms with E-state index in [2.05, 4.69) is 65.0 Å². The molecule has 0 amide bonds. The zero-order chi connectivity index (χ0) is 13.8. The third-order valence-corrected chi connectivity index (χ3v) is 3.80. The van der Waals surface area contributed by atoms with Crippen LogP contribution in [0.3, 0.4) is 0 Å². The Kier molecular flexibility index (Phi) is 4.48. The van der Waals surface area contributed by atoms with Crippen molar-refractivity contribution in [2.75, 3.05) is 17.2 Å². The molecule has 0 aromatic heterocycles. The Balaban J connectivity index is 2.55. The monoisotopic (exact) mass is 318 g/mol. The third-order valence-electron chi connectivity index (χ3n) is 3.20. The number of nitrogens with two attached hydrogens (primary N) is 1. The van der Waals surface area contributed by atoms with Crippen LogP contribution in [0.5, 0.6) is 0 Å². The normalized spacial score (nSPS) is 10.5. The first-order chi connectivity index (χ1) is 9.17. The van der Waals surface area contributed by atoms with Gasteiger partial charge >= 0.3 is 0 Å². The van der Waals surface area contributed by atoms with Crippen LogP contribution < -0.4 is 10.6 Å². The summed E-state index contributed by atoms with van der Waals surface area (Å²) in [6, 6.07) is 14.5. The van der Waals surface area contributed by atoms with Crippen LogP contribution in [-0.4, -0.2) is 6.54 Å². The van der Waals surface area contributed by atoms with Crippen LogP contribution in [0.1, 0.15) is 19.4 Å². The van der Waals surface area contributed by atoms with Crippen molar-refractivity contribution in [2.24, 2.45) is 0 Å². The van der Waals surface area contributed by atoms with E-state index in [0.717, 1.165) is 23.1 Å². The van der Waals surface area contributed by atoms with Crippen molar-refractivity contribution in [3.8, 4) is 0 Å². The molecule has 0 spiro atoms. The Labute approximate surface area is 123 Å². The minimum Gasteiger partial charge on any atom is -0.399 e. The van der Waals surface area contributed by atoms with Crippen LogP contribution in [0.25, 0.3) is 0 Å². The summed E-state index contributed by atoms with van der Waals surface area (Å²) in [6.45, 7) is 5.23. The molecule has 2 aromatic carbocycles. The summed E-state index contributed by atoms with van der Waals surface area (Å²) in [5.74, 6) is 0. The Morgan fingerprint density at radius 1 is 1.11 bits per heavy atom. The van der Waals surface area contributed by atoms with Crippen molar-refractivity contribution in [2.45, 2.75) is 20.3 Å². The summed E-state index contributed by atoms with van der Waals surface area (Å²) in [7, 11) is 0. The molecule has 0 saturated heterocycles. The first kappa shape index (κ1) is 13.9. The highest BCUT2D eigenvalue weighted by atomic mass is 79.9. The molecule has 0 unspecified atom stereocenters. The number of nitrogen functional groups attached to an aromatic ring is 1. The van der Waals surface area contributed by atoms with Gasteiger partial charge in [-0.15, -0.1) is 0 Å². The predicted molar refractivity (Wildman–Crippen MR) is 87.1 cm³/mol. The minimum absolute atomic E-state index is 0.802. The van der Waals surface area contributed by atoms with Gasteiger partial charge in [0.25, 0.3) is 0 Å². The van der Waals surface area contributed by atoms with E-state index in [1.165, 1.54) is 16.9 Å². The lowest BCUT2D eigenvalue weighted by molar-refractivity contribution is 0.993. The number of nitrogens with zero attached hydrogens (tertiary/aromatic N) is 1. The topological polar surface area (TPSA) is 29.3 Å². The van der Waals surface area contributed by atoms with Crippen LogP contribution in [0, 0.1) is 0 Å². The van der Waals surface area contributed by atoms with Crippen molar-refractivity contribution in [1.29, 1.82) is 0 Å². The molecular formula is C16H19BrN2. The fourth-order valence-corrected chi connectivity index (χ4v) is 3.06. The van der Waals surface area contributed by atoms with E-state index in [1.54, 1.807) is 0 Å². The van der Waals surface area contributed by atoms with E-state index < -0.39 is 0 Å². The highest BCUT2D eigenvalue weighted by Gasteiger charge is 2.15. The molecule has 3 heteroatoms. The highest BCUT2D eigenvalue weighted by molar-refractivity contribution is 9.10. The average Bonchev–Trinajstić information content (AvgIpc) is 2.42. The number of para-hydroxylation sites is 1. The van der Waals surface area contributed by atoms with E-state index >= 15 is 0 Å². The number of hydrogen-bond acceptors (Lipinski definition) is 2. The third kappa shape index (κ3) is 2.92. The van der Waals surface area contributed by atoms with Crippen molar-refractivity contribution in [3.63, 3.8) is 0 Å². The van der Waals surface area contributed by atoms with Crippen LogP contribution >= 0.6 is 15.9 Å². The summed E-state index contributed by atoms with van der Waals surface area (Å²) in [6.07, 6.45) is 0.961. The first-order valence-corrected chi connectivity index (χ1v) is 7.37. The summed E-state index contributed by atoms with van der Waals surface area (Å²) >= 11 is 3.66. The molecule has 2 rings (SSSR count). The zero-order valence-electron chi connectivity index (χ0n) is 11.4. The van der Waals surface area contributed by atoms with Crippen LogP contribution in [0.15, 0.2) is 46.9 Å². The Hall–Kier alpha value is -1.48. The van der Waals surface area contributed by atoms with E-state index in [4.69, 9.17) is 5.73 Å². The second-order valence-corrected chi connectivity index (χ2v) is 5.30. The van der Waals surface area contributed by atoms with Crippen LogP contribution in [0.4, 0.5) is 17.1 Å². The van der Waals surface area contributed by atoms with Gasteiger partial charge in [-0.05, 0) is 59.1 Å². The van der Waals surface area contributed by atoms with Gasteiger partial charge in [0.15, 0.2) is 0 Å². The van der Waals surface area contributed by atoms with Gasteiger partial charge in [-0.25, -0.2) is 0 Å². The SMILES string of the molecule is CCc1cc(N)cc(Br)c1N(CC)c1ccccc1. The maximum absolute atomic E-state index is 5.94. The summed E-state index contributed by atoms with van der Waals surface area (Å²) in [5, 5.41) is 0. The summed E-state index contributed by atoms with van der Waals surface area (Å²) in [4.78, 5) is 2.31. The second-order valence-electron chi connectivity index (χ2n) is 4.44. The van der Waals surface area contributed by atoms with Gasteiger partial charge in [-0.2, -0.15) is 0 Å². The van der Waals surface area contributed by atoms with Gasteiger partial charge in [0.05, 0.1) is 5.69 Å². The maximum atomic E-state index is 5.94. The predicted octanol–water partition coefficient (Wildman–Crippen LogP) is 4.75. The molecule has 2 aromatic rings. The zero-order valence-corrected chi connectivity index (χ0v) is 12.9. The Morgan fingerprint density at radius 3 is 2.37 bits per heavy atom. The summed E-state index contributed by atoms with van der Waals surface area (Å²) in [5.41, 5.74) is 10.4. The minimum atomic E-state index is 0.802. The lowest BCUT2D eigenvalue weighted by atomic mass is 10.1. The number of rotatable bonds is 4. The molecule has 2 N–H and O–H groups in total. The Morgan fingerprint density at radius 2 is 1.79 bits per heavy atom. The van der Waals surface area contributed by atoms with Crippen molar-refractivity contribution >= 4 is 33.0 Å². The molecule has 0 heterocycles. The molecule has 0 aliphatic heterocycles. The number of halogens is 1. The fourth-order valence-electron chi connectivity index (χ4n) is 2.33. The second kappa shape index (κ2) is 6.11.